The number of nitrogens with zero attached hydrogens (tertiary/aromatic N) is 1. The molecule has 1 rings (SSSR count). The van der Waals surface area contributed by atoms with Crippen LogP contribution >= 0.6 is 0 Å². The van der Waals surface area contributed by atoms with Gasteiger partial charge in [-0.3, -0.25) is 0 Å². The smallest absolute Gasteiger partial charge is 0.0227 e. The molecule has 51 heavy (non-hydrogen) atoms. The zero-order valence-corrected chi connectivity index (χ0v) is 38.3. The summed E-state index contributed by atoms with van der Waals surface area (Å²) in [5.41, 5.74) is 8.97. The SMILES string of the molecule is C/C=C(\C)c1ccc(C)cc1.C=C(C)CCCCCCCCCCC.C=C/C(C(=C)C)=C(/CCC)N(C)C(C)C.CC.CCC(C)C.CCCC. The van der Waals surface area contributed by atoms with Crippen LogP contribution in [0.5, 0.6) is 0 Å². The number of aryl methyl sites for hydroxylation is 1. The van der Waals surface area contributed by atoms with Gasteiger partial charge >= 0.3 is 0 Å². The van der Waals surface area contributed by atoms with Crippen molar-refractivity contribution in [2.45, 2.75) is 213 Å². The Morgan fingerprint density at radius 1 is 0.686 bits per heavy atom. The third-order valence-electron chi connectivity index (χ3n) is 8.63. The van der Waals surface area contributed by atoms with Crippen molar-refractivity contribution < 1.29 is 0 Å². The van der Waals surface area contributed by atoms with E-state index in [1.54, 1.807) is 0 Å². The molecule has 0 amide bonds. The van der Waals surface area contributed by atoms with Gasteiger partial charge in [-0.05, 0) is 95.9 Å². The lowest BCUT2D eigenvalue weighted by Gasteiger charge is -2.29. The van der Waals surface area contributed by atoms with Crippen LogP contribution in [0.4, 0.5) is 0 Å². The first-order chi connectivity index (χ1) is 24.1. The molecular weight excluding hydrogens is 615 g/mol. The second-order valence-electron chi connectivity index (χ2n) is 14.5. The van der Waals surface area contributed by atoms with E-state index in [1.807, 2.05) is 26.8 Å². The lowest BCUT2D eigenvalue weighted by atomic mass is 10.0. The minimum absolute atomic E-state index is 0.515. The fourth-order valence-corrected chi connectivity index (χ4v) is 4.31. The Hall–Kier alpha value is -2.28. The molecule has 0 spiro atoms. The molecule has 0 bridgehead atoms. The van der Waals surface area contributed by atoms with Crippen LogP contribution in [0.3, 0.4) is 0 Å². The lowest BCUT2D eigenvalue weighted by molar-refractivity contribution is 0.329. The summed E-state index contributed by atoms with van der Waals surface area (Å²) in [5, 5.41) is 0. The Balaban J connectivity index is -0.000000182. The molecule has 0 fully saturated rings. The van der Waals surface area contributed by atoms with Crippen molar-refractivity contribution in [2.75, 3.05) is 7.05 Å². The molecule has 1 heteroatoms. The zero-order valence-electron chi connectivity index (χ0n) is 38.3. The normalized spacial score (nSPS) is 10.7. The summed E-state index contributed by atoms with van der Waals surface area (Å²) in [7, 11) is 2.14. The summed E-state index contributed by atoms with van der Waals surface area (Å²) in [6.07, 6.45) is 24.2. The van der Waals surface area contributed by atoms with Crippen molar-refractivity contribution in [3.63, 3.8) is 0 Å². The Labute approximate surface area is 325 Å². The maximum absolute atomic E-state index is 4.02. The van der Waals surface area contributed by atoms with Crippen LogP contribution in [0.1, 0.15) is 211 Å². The molecular formula is C50H95N. The number of hydrogen-bond donors (Lipinski definition) is 0. The third-order valence-corrected chi connectivity index (χ3v) is 8.63. The molecule has 0 saturated heterocycles. The maximum Gasteiger partial charge on any atom is 0.0227 e. The molecule has 0 saturated carbocycles. The summed E-state index contributed by atoms with van der Waals surface area (Å²) in [6.45, 7) is 46.2. The van der Waals surface area contributed by atoms with Gasteiger partial charge in [-0.15, -0.1) is 6.58 Å². The van der Waals surface area contributed by atoms with Crippen LogP contribution in [0.25, 0.3) is 5.57 Å². The van der Waals surface area contributed by atoms with Gasteiger partial charge in [0.05, 0.1) is 0 Å². The van der Waals surface area contributed by atoms with Gasteiger partial charge in [0.25, 0.3) is 0 Å². The van der Waals surface area contributed by atoms with Gasteiger partial charge in [0.2, 0.25) is 0 Å². The second kappa shape index (κ2) is 43.9. The predicted molar refractivity (Wildman–Crippen MR) is 244 cm³/mol. The summed E-state index contributed by atoms with van der Waals surface area (Å²) in [6, 6.07) is 9.11. The molecule has 0 atom stereocenters. The lowest BCUT2D eigenvalue weighted by Crippen LogP contribution is -2.26. The Bertz CT molecular complexity index is 951. The van der Waals surface area contributed by atoms with Crippen LogP contribution in [0, 0.1) is 12.8 Å². The number of hydrogen-bond acceptors (Lipinski definition) is 1. The van der Waals surface area contributed by atoms with Gasteiger partial charge < -0.3 is 4.90 Å². The summed E-state index contributed by atoms with van der Waals surface area (Å²) in [5.74, 6) is 0.884. The fourth-order valence-electron chi connectivity index (χ4n) is 4.31. The van der Waals surface area contributed by atoms with E-state index in [4.69, 9.17) is 0 Å². The average molecular weight is 710 g/mol. The number of benzene rings is 1. The predicted octanol–water partition coefficient (Wildman–Crippen LogP) is 17.9. The van der Waals surface area contributed by atoms with Crippen LogP contribution in [0.2, 0.25) is 0 Å². The number of rotatable bonds is 19. The van der Waals surface area contributed by atoms with E-state index in [2.05, 4.69) is 152 Å². The molecule has 1 aromatic rings. The molecule has 0 N–H and O–H groups in total. The standard InChI is InChI=1S/C14H25N.C14H28.C11H14.C5H12.C4H10.C2H6/c1-8-10-14(15(7)12(5)6)13(9-2)11(3)4;1-4-5-6-7-8-9-10-11-12-13-14(2)3;1-4-10(3)11-7-5-9(2)6-8-11;1-4-5(2)3;1-3-4-2;1-2/h9,12H,2-3,8,10H2,1,4-7H3;2,4-13H2,1,3H3;4-8H,1-3H3;5H,4H2,1-3H3;3-4H2,1-2H3;1-2H3/b14-13+;;10-4+;;;. The molecule has 1 aromatic carbocycles. The monoisotopic (exact) mass is 710 g/mol. The van der Waals surface area contributed by atoms with E-state index in [1.165, 1.54) is 117 Å². The molecule has 1 nitrogen and oxygen atoms in total. The molecule has 0 aliphatic heterocycles. The van der Waals surface area contributed by atoms with E-state index in [0.29, 0.717) is 6.04 Å². The largest absolute Gasteiger partial charge is 0.375 e. The highest BCUT2D eigenvalue weighted by atomic mass is 15.1. The number of unbranched alkanes of at least 4 members (excludes halogenated alkanes) is 9. The second-order valence-corrected chi connectivity index (χ2v) is 14.5. The topological polar surface area (TPSA) is 3.24 Å². The highest BCUT2D eigenvalue weighted by Crippen LogP contribution is 2.22. The molecule has 0 radical (unpaired) electrons. The summed E-state index contributed by atoms with van der Waals surface area (Å²) < 4.78 is 0. The quantitative estimate of drug-likeness (QED) is 0.0785. The van der Waals surface area contributed by atoms with Crippen molar-refractivity contribution in [3.8, 4) is 0 Å². The van der Waals surface area contributed by atoms with Crippen LogP contribution < -0.4 is 0 Å². The van der Waals surface area contributed by atoms with Crippen molar-refractivity contribution in [2.24, 2.45) is 5.92 Å². The van der Waals surface area contributed by atoms with Crippen molar-refractivity contribution in [1.82, 2.24) is 4.90 Å². The molecule has 0 aliphatic rings. The fraction of sp³-hybridized carbons (Fsp3) is 0.680. The zero-order chi connectivity index (χ0) is 40.6. The van der Waals surface area contributed by atoms with Gasteiger partial charge in [-0.2, -0.15) is 0 Å². The van der Waals surface area contributed by atoms with Crippen molar-refractivity contribution >= 4 is 5.57 Å². The van der Waals surface area contributed by atoms with Crippen molar-refractivity contribution in [3.05, 3.63) is 89.7 Å². The highest BCUT2D eigenvalue weighted by molar-refractivity contribution is 5.63. The Morgan fingerprint density at radius 3 is 1.41 bits per heavy atom. The van der Waals surface area contributed by atoms with E-state index in [9.17, 15) is 0 Å². The maximum atomic E-state index is 4.02. The Kier molecular flexibility index (Phi) is 49.9. The molecule has 0 aromatic heterocycles. The summed E-state index contributed by atoms with van der Waals surface area (Å²) in [4.78, 5) is 2.31. The van der Waals surface area contributed by atoms with Gasteiger partial charge in [-0.1, -0.05) is 200 Å². The van der Waals surface area contributed by atoms with Crippen LogP contribution in [0.15, 0.2) is 78.6 Å². The van der Waals surface area contributed by atoms with Crippen LogP contribution in [-0.2, 0) is 0 Å². The van der Waals surface area contributed by atoms with E-state index in [0.717, 1.165) is 24.3 Å². The first-order valence-corrected chi connectivity index (χ1v) is 21.2. The van der Waals surface area contributed by atoms with E-state index in [-0.39, 0.29) is 0 Å². The first-order valence-electron chi connectivity index (χ1n) is 21.2. The number of allylic oxidation sites excluding steroid dienone is 7. The van der Waals surface area contributed by atoms with Gasteiger partial charge in [0, 0.05) is 18.8 Å². The van der Waals surface area contributed by atoms with Gasteiger partial charge in [0.15, 0.2) is 0 Å². The molecule has 0 aliphatic carbocycles. The summed E-state index contributed by atoms with van der Waals surface area (Å²) >= 11 is 0. The Morgan fingerprint density at radius 2 is 1.12 bits per heavy atom. The van der Waals surface area contributed by atoms with Gasteiger partial charge in [-0.25, -0.2) is 0 Å². The van der Waals surface area contributed by atoms with Gasteiger partial charge in [0.1, 0.15) is 0 Å². The average Bonchev–Trinajstić information content (AvgIpc) is 3.12. The van der Waals surface area contributed by atoms with Crippen LogP contribution in [-0.4, -0.2) is 18.0 Å². The minimum Gasteiger partial charge on any atom is -0.375 e. The molecule has 300 valence electrons. The van der Waals surface area contributed by atoms with Crippen molar-refractivity contribution in [1.29, 1.82) is 0 Å². The van der Waals surface area contributed by atoms with E-state index < -0.39 is 0 Å². The first kappa shape index (κ1) is 58.0. The third kappa shape index (κ3) is 42.0. The molecule has 0 unspecified atom stereocenters. The highest BCUT2D eigenvalue weighted by Gasteiger charge is 2.12. The minimum atomic E-state index is 0.515. The van der Waals surface area contributed by atoms with E-state index >= 15 is 0 Å². The molecule has 0 heterocycles.